The van der Waals surface area contributed by atoms with Gasteiger partial charge in [-0.05, 0) is 26.2 Å². The zero-order valence-corrected chi connectivity index (χ0v) is 9.64. The number of rotatable bonds is 7. The predicted octanol–water partition coefficient (Wildman–Crippen LogP) is 3.47. The van der Waals surface area contributed by atoms with Crippen molar-refractivity contribution in [1.82, 2.24) is 0 Å². The van der Waals surface area contributed by atoms with Crippen LogP contribution in [0.2, 0.25) is 0 Å². The quantitative estimate of drug-likeness (QED) is 0.356. The normalized spacial score (nSPS) is 11.5. The molecular weight excluding hydrogens is 176 g/mol. The molecule has 0 saturated heterocycles. The van der Waals surface area contributed by atoms with Gasteiger partial charge < -0.3 is 4.74 Å². The molecule has 0 bridgehead atoms. The largest absolute Gasteiger partial charge is 0.463 e. The molecule has 0 unspecified atom stereocenters. The summed E-state index contributed by atoms with van der Waals surface area (Å²) in [5.74, 6) is -0.194. The number of carbonyl (C=O) groups is 1. The van der Waals surface area contributed by atoms with Gasteiger partial charge in [-0.15, -0.1) is 0 Å². The molecule has 0 rings (SSSR count). The summed E-state index contributed by atoms with van der Waals surface area (Å²) in [6.45, 7) is 6.55. The van der Waals surface area contributed by atoms with Crippen molar-refractivity contribution >= 4 is 5.97 Å². The van der Waals surface area contributed by atoms with Crippen LogP contribution in [0.15, 0.2) is 11.6 Å². The predicted molar refractivity (Wildman–Crippen MR) is 59.1 cm³/mol. The Hall–Kier alpha value is -0.790. The zero-order valence-electron chi connectivity index (χ0n) is 9.64. The van der Waals surface area contributed by atoms with Crippen LogP contribution in [0.4, 0.5) is 0 Å². The maximum absolute atomic E-state index is 11.1. The van der Waals surface area contributed by atoms with Gasteiger partial charge in [0.25, 0.3) is 0 Å². The van der Waals surface area contributed by atoms with E-state index in [2.05, 4.69) is 13.8 Å². The lowest BCUT2D eigenvalue weighted by Gasteiger charge is -2.03. The van der Waals surface area contributed by atoms with E-state index in [0.717, 1.165) is 12.8 Å². The Morgan fingerprint density at radius 2 is 1.93 bits per heavy atom. The van der Waals surface area contributed by atoms with Crippen LogP contribution in [0.25, 0.3) is 0 Å². The molecule has 0 radical (unpaired) electrons. The van der Waals surface area contributed by atoms with Crippen molar-refractivity contribution in [1.29, 1.82) is 0 Å². The molecule has 0 amide bonds. The van der Waals surface area contributed by atoms with Crippen molar-refractivity contribution < 1.29 is 9.53 Å². The second kappa shape index (κ2) is 8.79. The van der Waals surface area contributed by atoms with Crippen LogP contribution >= 0.6 is 0 Å². The van der Waals surface area contributed by atoms with Gasteiger partial charge in [0.05, 0.1) is 6.61 Å². The molecule has 82 valence electrons. The Balaban J connectivity index is 3.91. The minimum absolute atomic E-state index is 0.194. The third kappa shape index (κ3) is 6.70. The summed E-state index contributed by atoms with van der Waals surface area (Å²) < 4.78 is 4.87. The molecule has 14 heavy (non-hydrogen) atoms. The lowest BCUT2D eigenvalue weighted by molar-refractivity contribution is -0.137. The van der Waals surface area contributed by atoms with Gasteiger partial charge in [0.15, 0.2) is 0 Å². The fourth-order valence-corrected chi connectivity index (χ4v) is 1.30. The van der Waals surface area contributed by atoms with Crippen molar-refractivity contribution in [3.8, 4) is 0 Å². The summed E-state index contributed by atoms with van der Waals surface area (Å²) in [5, 5.41) is 0. The fourth-order valence-electron chi connectivity index (χ4n) is 1.30. The van der Waals surface area contributed by atoms with E-state index >= 15 is 0 Å². The second-order valence-electron chi connectivity index (χ2n) is 3.37. The number of esters is 1. The SMILES string of the molecule is CCCCC/C(=C/C(=O)OCC)CC. The van der Waals surface area contributed by atoms with Crippen LogP contribution < -0.4 is 0 Å². The summed E-state index contributed by atoms with van der Waals surface area (Å²) >= 11 is 0. The molecule has 0 N–H and O–H groups in total. The highest BCUT2D eigenvalue weighted by atomic mass is 16.5. The smallest absolute Gasteiger partial charge is 0.330 e. The van der Waals surface area contributed by atoms with Crippen molar-refractivity contribution in [3.05, 3.63) is 11.6 Å². The molecule has 0 aliphatic carbocycles. The molecule has 0 fully saturated rings. The summed E-state index contributed by atoms with van der Waals surface area (Å²) in [6, 6.07) is 0. The van der Waals surface area contributed by atoms with Gasteiger partial charge >= 0.3 is 5.97 Å². The van der Waals surface area contributed by atoms with Crippen LogP contribution in [-0.4, -0.2) is 12.6 Å². The molecule has 0 saturated carbocycles. The first-order valence-corrected chi connectivity index (χ1v) is 5.60. The lowest BCUT2D eigenvalue weighted by atomic mass is 10.1. The van der Waals surface area contributed by atoms with Crippen LogP contribution in [0.1, 0.15) is 52.9 Å². The van der Waals surface area contributed by atoms with Gasteiger partial charge in [0.2, 0.25) is 0 Å². The first-order chi connectivity index (χ1) is 6.74. The third-order valence-corrected chi connectivity index (χ3v) is 2.16. The molecule has 0 spiro atoms. The monoisotopic (exact) mass is 198 g/mol. The molecule has 0 aromatic rings. The average molecular weight is 198 g/mol. The molecule has 0 aromatic heterocycles. The van der Waals surface area contributed by atoms with Crippen LogP contribution in [0.3, 0.4) is 0 Å². The van der Waals surface area contributed by atoms with Gasteiger partial charge in [-0.3, -0.25) is 0 Å². The van der Waals surface area contributed by atoms with Gasteiger partial charge in [0.1, 0.15) is 0 Å². The molecule has 0 heterocycles. The summed E-state index contributed by atoms with van der Waals surface area (Å²) in [4.78, 5) is 11.1. The van der Waals surface area contributed by atoms with Crippen molar-refractivity contribution in [3.63, 3.8) is 0 Å². The maximum atomic E-state index is 11.1. The number of unbranched alkanes of at least 4 members (excludes halogenated alkanes) is 2. The van der Waals surface area contributed by atoms with Gasteiger partial charge in [-0.25, -0.2) is 4.79 Å². The number of allylic oxidation sites excluding steroid dienone is 1. The number of hydrogen-bond acceptors (Lipinski definition) is 2. The Morgan fingerprint density at radius 1 is 1.21 bits per heavy atom. The van der Waals surface area contributed by atoms with Crippen molar-refractivity contribution in [2.24, 2.45) is 0 Å². The zero-order chi connectivity index (χ0) is 10.8. The van der Waals surface area contributed by atoms with E-state index in [0.29, 0.717) is 6.61 Å². The van der Waals surface area contributed by atoms with Gasteiger partial charge in [0, 0.05) is 6.08 Å². The Labute approximate surface area is 87.3 Å². The van der Waals surface area contributed by atoms with E-state index in [1.807, 2.05) is 6.92 Å². The lowest BCUT2D eigenvalue weighted by Crippen LogP contribution is -2.01. The van der Waals surface area contributed by atoms with Gasteiger partial charge in [-0.2, -0.15) is 0 Å². The standard InChI is InChI=1S/C12H22O2/c1-4-7-8-9-11(5-2)10-12(13)14-6-3/h10H,4-9H2,1-3H3/b11-10+. The molecule has 2 heteroatoms. The minimum atomic E-state index is -0.194. The van der Waals surface area contributed by atoms with E-state index in [-0.39, 0.29) is 5.97 Å². The van der Waals surface area contributed by atoms with Crippen LogP contribution in [0.5, 0.6) is 0 Å². The Kier molecular flexibility index (Phi) is 8.30. The third-order valence-electron chi connectivity index (χ3n) is 2.16. The van der Waals surface area contributed by atoms with Crippen molar-refractivity contribution in [2.75, 3.05) is 6.61 Å². The molecular formula is C12H22O2. The van der Waals surface area contributed by atoms with Crippen LogP contribution in [0, 0.1) is 0 Å². The molecule has 0 aliphatic heterocycles. The van der Waals surface area contributed by atoms with E-state index in [1.54, 1.807) is 6.08 Å². The van der Waals surface area contributed by atoms with E-state index in [1.165, 1.54) is 24.8 Å². The molecule has 0 aliphatic rings. The van der Waals surface area contributed by atoms with Crippen molar-refractivity contribution in [2.45, 2.75) is 52.9 Å². The van der Waals surface area contributed by atoms with E-state index < -0.39 is 0 Å². The Bertz CT molecular complexity index is 183. The number of ether oxygens (including phenoxy) is 1. The number of hydrogen-bond donors (Lipinski definition) is 0. The first kappa shape index (κ1) is 13.2. The highest BCUT2D eigenvalue weighted by Crippen LogP contribution is 2.12. The molecule has 0 aromatic carbocycles. The van der Waals surface area contributed by atoms with Gasteiger partial charge in [-0.1, -0.05) is 32.3 Å². The topological polar surface area (TPSA) is 26.3 Å². The maximum Gasteiger partial charge on any atom is 0.330 e. The van der Waals surface area contributed by atoms with E-state index in [9.17, 15) is 4.79 Å². The average Bonchev–Trinajstić information content (AvgIpc) is 2.17. The van der Waals surface area contributed by atoms with Crippen LogP contribution in [-0.2, 0) is 9.53 Å². The number of carbonyl (C=O) groups excluding carboxylic acids is 1. The highest BCUT2D eigenvalue weighted by Gasteiger charge is 2.00. The fraction of sp³-hybridized carbons (Fsp3) is 0.750. The second-order valence-corrected chi connectivity index (χ2v) is 3.37. The molecule has 0 atom stereocenters. The van der Waals surface area contributed by atoms with E-state index in [4.69, 9.17) is 4.74 Å². The summed E-state index contributed by atoms with van der Waals surface area (Å²) in [5.41, 5.74) is 1.21. The first-order valence-electron chi connectivity index (χ1n) is 5.60. The minimum Gasteiger partial charge on any atom is -0.463 e. The summed E-state index contributed by atoms with van der Waals surface area (Å²) in [6.07, 6.45) is 7.26. The molecule has 2 nitrogen and oxygen atoms in total. The Morgan fingerprint density at radius 3 is 2.43 bits per heavy atom. The highest BCUT2D eigenvalue weighted by molar-refractivity contribution is 5.82. The summed E-state index contributed by atoms with van der Waals surface area (Å²) in [7, 11) is 0.